The molecule has 1 aliphatic heterocycles. The molecular weight excluding hydrogens is 266 g/mol. The normalized spacial score (nSPS) is 15.2. The maximum absolute atomic E-state index is 12.3. The minimum Gasteiger partial charge on any atom is -0.482 e. The number of amides is 1. The van der Waals surface area contributed by atoms with Gasteiger partial charge in [-0.2, -0.15) is 0 Å². The summed E-state index contributed by atoms with van der Waals surface area (Å²) in [4.78, 5) is 23.5. The van der Waals surface area contributed by atoms with Gasteiger partial charge < -0.3 is 10.1 Å². The van der Waals surface area contributed by atoms with Gasteiger partial charge in [-0.05, 0) is 18.6 Å². The number of hydrogen-bond donors (Lipinski definition) is 1. The van der Waals surface area contributed by atoms with Crippen LogP contribution in [-0.2, 0) is 4.79 Å². The molecule has 1 aromatic rings. The highest BCUT2D eigenvalue weighted by molar-refractivity contribution is 6.34. The van der Waals surface area contributed by atoms with Crippen LogP contribution in [0.4, 0.5) is 5.69 Å². The fraction of sp³-hybridized carbons (Fsp3) is 0.429. The predicted octanol–water partition coefficient (Wildman–Crippen LogP) is 3.29. The Morgan fingerprint density at radius 3 is 2.95 bits per heavy atom. The van der Waals surface area contributed by atoms with Crippen molar-refractivity contribution in [3.05, 3.63) is 22.7 Å². The number of rotatable bonds is 4. The molecule has 0 aliphatic carbocycles. The van der Waals surface area contributed by atoms with Gasteiger partial charge in [0.05, 0.1) is 10.7 Å². The highest BCUT2D eigenvalue weighted by atomic mass is 35.5. The molecule has 0 fully saturated rings. The quantitative estimate of drug-likeness (QED) is 0.862. The number of hydrogen-bond acceptors (Lipinski definition) is 3. The van der Waals surface area contributed by atoms with Gasteiger partial charge in [0.15, 0.2) is 12.4 Å². The van der Waals surface area contributed by atoms with Crippen molar-refractivity contribution in [1.82, 2.24) is 0 Å². The van der Waals surface area contributed by atoms with Crippen molar-refractivity contribution in [2.24, 2.45) is 5.92 Å². The number of ether oxygens (including phenoxy) is 1. The molecule has 1 N–H and O–H groups in total. The van der Waals surface area contributed by atoms with Crippen LogP contribution in [0.3, 0.4) is 0 Å². The van der Waals surface area contributed by atoms with Crippen molar-refractivity contribution in [2.45, 2.75) is 26.7 Å². The van der Waals surface area contributed by atoms with Gasteiger partial charge in [0.1, 0.15) is 5.75 Å². The summed E-state index contributed by atoms with van der Waals surface area (Å²) in [7, 11) is 0. The van der Waals surface area contributed by atoms with E-state index in [9.17, 15) is 9.59 Å². The lowest BCUT2D eigenvalue weighted by Gasteiger charge is -2.20. The van der Waals surface area contributed by atoms with Gasteiger partial charge in [-0.3, -0.25) is 9.59 Å². The van der Waals surface area contributed by atoms with Crippen LogP contribution in [0.1, 0.15) is 37.0 Å². The Morgan fingerprint density at radius 1 is 1.53 bits per heavy atom. The zero-order chi connectivity index (χ0) is 14.0. The van der Waals surface area contributed by atoms with E-state index in [0.29, 0.717) is 22.0 Å². The van der Waals surface area contributed by atoms with Crippen LogP contribution in [0.5, 0.6) is 5.75 Å². The van der Waals surface area contributed by atoms with Crippen LogP contribution in [0.15, 0.2) is 12.1 Å². The largest absolute Gasteiger partial charge is 0.482 e. The molecule has 1 aromatic carbocycles. The number of carbonyl (C=O) groups is 2. The molecular formula is C14H16ClNO3. The fourth-order valence-electron chi connectivity index (χ4n) is 2.12. The third-order valence-corrected chi connectivity index (χ3v) is 3.45. The van der Waals surface area contributed by atoms with E-state index in [1.54, 1.807) is 12.1 Å². The van der Waals surface area contributed by atoms with Gasteiger partial charge in [-0.25, -0.2) is 0 Å². The molecule has 102 valence electrons. The monoisotopic (exact) mass is 281 g/mol. The molecule has 0 saturated carbocycles. The van der Waals surface area contributed by atoms with Crippen LogP contribution in [0.25, 0.3) is 0 Å². The smallest absolute Gasteiger partial charge is 0.262 e. The Kier molecular flexibility index (Phi) is 4.10. The number of fused-ring (bicyclic) bond motifs is 1. The van der Waals surface area contributed by atoms with Gasteiger partial charge >= 0.3 is 0 Å². The summed E-state index contributed by atoms with van der Waals surface area (Å²) >= 11 is 6.12. The molecule has 0 bridgehead atoms. The highest BCUT2D eigenvalue weighted by Gasteiger charge is 2.23. The maximum atomic E-state index is 12.3. The number of Topliss-reactive ketones (excluding diaryl/α,β-unsaturated/α-hetero) is 1. The van der Waals surface area contributed by atoms with Crippen molar-refractivity contribution in [3.63, 3.8) is 0 Å². The molecule has 1 amide bonds. The summed E-state index contributed by atoms with van der Waals surface area (Å²) in [6.07, 6.45) is 1.77. The second-order valence-corrected chi connectivity index (χ2v) is 5.13. The molecule has 1 aliphatic rings. The Balaban J connectivity index is 2.32. The Morgan fingerprint density at radius 2 is 2.26 bits per heavy atom. The summed E-state index contributed by atoms with van der Waals surface area (Å²) in [5, 5.41) is 3.01. The Labute approximate surface area is 117 Å². The van der Waals surface area contributed by atoms with Crippen molar-refractivity contribution in [3.8, 4) is 5.75 Å². The maximum Gasteiger partial charge on any atom is 0.262 e. The number of ketones is 1. The summed E-state index contributed by atoms with van der Waals surface area (Å²) in [5.74, 6) is 0.215. The minimum atomic E-state index is -0.220. The minimum absolute atomic E-state index is 0.00940. The first kappa shape index (κ1) is 13.9. The second kappa shape index (κ2) is 5.61. The third kappa shape index (κ3) is 2.89. The highest BCUT2D eigenvalue weighted by Crippen LogP contribution is 2.34. The van der Waals surface area contributed by atoms with Crippen molar-refractivity contribution >= 4 is 29.0 Å². The summed E-state index contributed by atoms with van der Waals surface area (Å²) < 4.78 is 5.30. The topological polar surface area (TPSA) is 55.4 Å². The van der Waals surface area contributed by atoms with Crippen molar-refractivity contribution < 1.29 is 14.3 Å². The first-order valence-corrected chi connectivity index (χ1v) is 6.71. The lowest BCUT2D eigenvalue weighted by molar-refractivity contribution is -0.118. The van der Waals surface area contributed by atoms with E-state index >= 15 is 0 Å². The molecule has 1 unspecified atom stereocenters. The van der Waals surface area contributed by atoms with Gasteiger partial charge in [0.25, 0.3) is 5.91 Å². The SMILES string of the molecule is CCCC(C)C(=O)c1cc2c(cc1Cl)NC(=O)CO2. The molecule has 0 spiro atoms. The fourth-order valence-corrected chi connectivity index (χ4v) is 2.38. The van der Waals surface area contributed by atoms with Gasteiger partial charge in [0.2, 0.25) is 0 Å². The molecule has 1 heterocycles. The first-order chi connectivity index (χ1) is 9.02. The van der Waals surface area contributed by atoms with E-state index in [2.05, 4.69) is 5.32 Å². The standard InChI is InChI=1S/C14H16ClNO3/c1-3-4-8(2)14(18)9-5-12-11(6-10(9)15)16-13(17)7-19-12/h5-6,8H,3-4,7H2,1-2H3,(H,16,17). The summed E-state index contributed by atoms with van der Waals surface area (Å²) in [5.41, 5.74) is 0.971. The number of halogens is 1. The molecule has 2 rings (SSSR count). The number of anilines is 1. The van der Waals surface area contributed by atoms with Crippen LogP contribution >= 0.6 is 11.6 Å². The molecule has 5 heteroatoms. The Bertz CT molecular complexity index is 528. The molecule has 19 heavy (non-hydrogen) atoms. The number of carbonyl (C=O) groups excluding carboxylic acids is 2. The molecule has 0 aromatic heterocycles. The zero-order valence-electron chi connectivity index (χ0n) is 11.0. The van der Waals surface area contributed by atoms with E-state index in [0.717, 1.165) is 12.8 Å². The molecule has 0 radical (unpaired) electrons. The van der Waals surface area contributed by atoms with Crippen molar-refractivity contribution in [1.29, 1.82) is 0 Å². The lowest BCUT2D eigenvalue weighted by atomic mass is 9.95. The number of nitrogens with one attached hydrogen (secondary N) is 1. The van der Waals surface area contributed by atoms with Crippen LogP contribution in [0, 0.1) is 5.92 Å². The summed E-state index contributed by atoms with van der Waals surface area (Å²) in [6.45, 7) is 3.90. The van der Waals surface area contributed by atoms with Crippen molar-refractivity contribution in [2.75, 3.05) is 11.9 Å². The van der Waals surface area contributed by atoms with Crippen LogP contribution in [-0.4, -0.2) is 18.3 Å². The zero-order valence-corrected chi connectivity index (χ0v) is 11.7. The first-order valence-electron chi connectivity index (χ1n) is 6.33. The lowest BCUT2D eigenvalue weighted by Crippen LogP contribution is -2.25. The van der Waals surface area contributed by atoms with E-state index in [1.807, 2.05) is 13.8 Å². The number of benzene rings is 1. The van der Waals surface area contributed by atoms with E-state index in [1.165, 1.54) is 0 Å². The molecule has 4 nitrogen and oxygen atoms in total. The Hall–Kier alpha value is -1.55. The van der Waals surface area contributed by atoms with E-state index in [4.69, 9.17) is 16.3 Å². The molecule has 1 atom stereocenters. The summed E-state index contributed by atoms with van der Waals surface area (Å²) in [6, 6.07) is 3.19. The second-order valence-electron chi connectivity index (χ2n) is 4.72. The predicted molar refractivity (Wildman–Crippen MR) is 74.0 cm³/mol. The van der Waals surface area contributed by atoms with Crippen LogP contribution < -0.4 is 10.1 Å². The third-order valence-electron chi connectivity index (χ3n) is 3.14. The van der Waals surface area contributed by atoms with Gasteiger partial charge in [-0.15, -0.1) is 0 Å². The van der Waals surface area contributed by atoms with E-state index in [-0.39, 0.29) is 24.2 Å². The average molecular weight is 282 g/mol. The average Bonchev–Trinajstić information content (AvgIpc) is 2.37. The van der Waals surface area contributed by atoms with Gasteiger partial charge in [-0.1, -0.05) is 31.9 Å². The van der Waals surface area contributed by atoms with Crippen LogP contribution in [0.2, 0.25) is 5.02 Å². The molecule has 0 saturated heterocycles. The van der Waals surface area contributed by atoms with E-state index < -0.39 is 0 Å². The van der Waals surface area contributed by atoms with Gasteiger partial charge in [0, 0.05) is 11.5 Å².